The maximum absolute atomic E-state index is 12.5. The van der Waals surface area contributed by atoms with Crippen LogP contribution in [0.4, 0.5) is 4.79 Å². The van der Waals surface area contributed by atoms with Crippen LogP contribution in [-0.4, -0.2) is 41.8 Å². The Bertz CT molecular complexity index is 718. The lowest BCUT2D eigenvalue weighted by molar-refractivity contribution is -0.148. The average molecular weight is 414 g/mol. The number of rotatable bonds is 5. The zero-order chi connectivity index (χ0) is 17.9. The van der Waals surface area contributed by atoms with Gasteiger partial charge in [-0.15, -0.1) is 0 Å². The first-order valence-corrected chi connectivity index (χ1v) is 8.77. The third-order valence-electron chi connectivity index (χ3n) is 3.31. The van der Waals surface area contributed by atoms with E-state index in [2.05, 4.69) is 20.7 Å². The molecule has 0 N–H and O–H groups in total. The summed E-state index contributed by atoms with van der Waals surface area (Å²) in [5.41, 5.74) is 0.669. The number of esters is 1. The van der Waals surface area contributed by atoms with Gasteiger partial charge in [-0.05, 0) is 49.9 Å². The lowest BCUT2D eigenvalue weighted by Gasteiger charge is -2.18. The largest absolute Gasteiger partial charge is 0.493 e. The number of benzene rings is 1. The summed E-state index contributed by atoms with van der Waals surface area (Å²) in [5.74, 6) is -0.560. The fraction of sp³-hybridized carbons (Fsp3) is 0.312. The van der Waals surface area contributed by atoms with Crippen molar-refractivity contribution in [3.8, 4) is 5.75 Å². The molecule has 128 valence electrons. The molecule has 1 saturated heterocycles. The summed E-state index contributed by atoms with van der Waals surface area (Å²) in [5, 5.41) is -0.503. The molecule has 1 aliphatic heterocycles. The van der Waals surface area contributed by atoms with Crippen molar-refractivity contribution in [2.24, 2.45) is 0 Å². The smallest absolute Gasteiger partial charge is 0.328 e. The van der Waals surface area contributed by atoms with Crippen LogP contribution in [0.5, 0.6) is 5.75 Å². The van der Waals surface area contributed by atoms with Crippen LogP contribution < -0.4 is 4.74 Å². The summed E-state index contributed by atoms with van der Waals surface area (Å²) in [6.45, 7) is 3.79. The number of ether oxygens (including phenoxy) is 2. The van der Waals surface area contributed by atoms with Gasteiger partial charge in [-0.25, -0.2) is 4.79 Å². The van der Waals surface area contributed by atoms with E-state index in [9.17, 15) is 14.4 Å². The number of hydrogen-bond acceptors (Lipinski definition) is 6. The molecule has 0 bridgehead atoms. The number of halogens is 1. The highest BCUT2D eigenvalue weighted by Gasteiger charge is 2.41. The second-order valence-electron chi connectivity index (χ2n) is 4.87. The van der Waals surface area contributed by atoms with E-state index in [1.165, 1.54) is 14.0 Å². The van der Waals surface area contributed by atoms with Crippen molar-refractivity contribution in [1.82, 2.24) is 4.90 Å². The quantitative estimate of drug-likeness (QED) is 0.543. The summed E-state index contributed by atoms with van der Waals surface area (Å²) >= 11 is 4.16. The van der Waals surface area contributed by atoms with Gasteiger partial charge < -0.3 is 9.47 Å². The van der Waals surface area contributed by atoms with E-state index in [-0.39, 0.29) is 4.91 Å². The molecule has 0 aliphatic carbocycles. The number of imide groups is 1. The molecular formula is C16H16BrNO5S. The molecule has 0 aromatic heterocycles. The Balaban J connectivity index is 2.35. The van der Waals surface area contributed by atoms with Crippen LogP contribution in [0.2, 0.25) is 0 Å². The molecular weight excluding hydrogens is 398 g/mol. The SMILES string of the molecule is CCOc1ccc(Br)cc1/C=C1/SC(=O)N([C@@H](C)C(=O)OC)C1=O. The molecule has 6 nitrogen and oxygen atoms in total. The van der Waals surface area contributed by atoms with Crippen molar-refractivity contribution in [2.45, 2.75) is 19.9 Å². The highest BCUT2D eigenvalue weighted by Crippen LogP contribution is 2.36. The number of nitrogens with zero attached hydrogens (tertiary/aromatic N) is 1. The summed E-state index contributed by atoms with van der Waals surface area (Å²) < 4.78 is 11.0. The molecule has 1 fully saturated rings. The van der Waals surface area contributed by atoms with Gasteiger partial charge in [-0.3, -0.25) is 14.5 Å². The van der Waals surface area contributed by atoms with E-state index >= 15 is 0 Å². The maximum Gasteiger partial charge on any atom is 0.328 e. The Morgan fingerprint density at radius 2 is 2.12 bits per heavy atom. The fourth-order valence-electron chi connectivity index (χ4n) is 2.15. The number of methoxy groups -OCH3 is 1. The Morgan fingerprint density at radius 1 is 1.42 bits per heavy atom. The van der Waals surface area contributed by atoms with Gasteiger partial charge >= 0.3 is 5.97 Å². The lowest BCUT2D eigenvalue weighted by Crippen LogP contribution is -2.42. The highest BCUT2D eigenvalue weighted by molar-refractivity contribution is 9.10. The summed E-state index contributed by atoms with van der Waals surface area (Å²) in [6.07, 6.45) is 1.59. The lowest BCUT2D eigenvalue weighted by atomic mass is 10.1. The molecule has 0 spiro atoms. The van der Waals surface area contributed by atoms with E-state index in [1.54, 1.807) is 18.2 Å². The zero-order valence-corrected chi connectivity index (χ0v) is 15.8. The van der Waals surface area contributed by atoms with E-state index in [4.69, 9.17) is 4.74 Å². The van der Waals surface area contributed by atoms with E-state index in [1.807, 2.05) is 13.0 Å². The van der Waals surface area contributed by atoms with Crippen LogP contribution in [0.1, 0.15) is 19.4 Å². The summed E-state index contributed by atoms with van der Waals surface area (Å²) in [6, 6.07) is 4.43. The molecule has 2 rings (SSSR count). The molecule has 1 heterocycles. The number of hydrogen-bond donors (Lipinski definition) is 0. The second-order valence-corrected chi connectivity index (χ2v) is 6.77. The Kier molecular flexibility index (Phi) is 6.06. The van der Waals surface area contributed by atoms with Gasteiger partial charge in [0.15, 0.2) is 0 Å². The molecule has 0 unspecified atom stereocenters. The third kappa shape index (κ3) is 3.81. The summed E-state index contributed by atoms with van der Waals surface area (Å²) in [4.78, 5) is 37.3. The molecule has 1 atom stereocenters. The number of thioether (sulfide) groups is 1. The molecule has 1 aromatic rings. The van der Waals surface area contributed by atoms with Gasteiger partial charge in [0.2, 0.25) is 0 Å². The molecule has 0 radical (unpaired) electrons. The molecule has 1 aromatic carbocycles. The van der Waals surface area contributed by atoms with Crippen molar-refractivity contribution < 1.29 is 23.9 Å². The molecule has 8 heteroatoms. The van der Waals surface area contributed by atoms with Crippen LogP contribution in [0, 0.1) is 0 Å². The van der Waals surface area contributed by atoms with Gasteiger partial charge in [0, 0.05) is 10.0 Å². The third-order valence-corrected chi connectivity index (χ3v) is 4.69. The normalized spacial score (nSPS) is 17.3. The van der Waals surface area contributed by atoms with Gasteiger partial charge in [0.05, 0.1) is 18.6 Å². The standard InChI is InChI=1S/C16H16BrNO5S/c1-4-23-12-6-5-11(17)7-10(12)8-13-14(19)18(16(21)24-13)9(2)15(20)22-3/h5-9H,4H2,1-3H3/b13-8+/t9-/m0/s1. The topological polar surface area (TPSA) is 72.9 Å². The van der Waals surface area contributed by atoms with Gasteiger partial charge in [0.25, 0.3) is 11.1 Å². The minimum Gasteiger partial charge on any atom is -0.493 e. The number of amides is 2. The van der Waals surface area contributed by atoms with Gasteiger partial charge in [-0.1, -0.05) is 15.9 Å². The van der Waals surface area contributed by atoms with Crippen LogP contribution in [0.25, 0.3) is 6.08 Å². The molecule has 0 saturated carbocycles. The number of carbonyl (C=O) groups excluding carboxylic acids is 3. The van der Waals surface area contributed by atoms with Crippen molar-refractivity contribution in [1.29, 1.82) is 0 Å². The van der Waals surface area contributed by atoms with Crippen LogP contribution in [0.15, 0.2) is 27.6 Å². The monoisotopic (exact) mass is 413 g/mol. The molecule has 1 aliphatic rings. The average Bonchev–Trinajstić information content (AvgIpc) is 2.82. The second kappa shape index (κ2) is 7.85. The predicted octanol–water partition coefficient (Wildman–Crippen LogP) is 3.45. The van der Waals surface area contributed by atoms with Gasteiger partial charge in [0.1, 0.15) is 11.8 Å². The minimum atomic E-state index is -0.970. The Morgan fingerprint density at radius 3 is 2.75 bits per heavy atom. The first-order chi connectivity index (χ1) is 11.4. The first kappa shape index (κ1) is 18.5. The minimum absolute atomic E-state index is 0.231. The van der Waals surface area contributed by atoms with E-state index in [0.29, 0.717) is 17.9 Å². The van der Waals surface area contributed by atoms with Crippen molar-refractivity contribution in [2.75, 3.05) is 13.7 Å². The Hall–Kier alpha value is -1.80. The maximum atomic E-state index is 12.5. The van der Waals surface area contributed by atoms with Crippen LogP contribution in [0.3, 0.4) is 0 Å². The highest BCUT2D eigenvalue weighted by atomic mass is 79.9. The van der Waals surface area contributed by atoms with Crippen molar-refractivity contribution >= 4 is 50.9 Å². The molecule has 24 heavy (non-hydrogen) atoms. The predicted molar refractivity (Wildman–Crippen MR) is 94.6 cm³/mol. The van der Waals surface area contributed by atoms with Crippen molar-refractivity contribution in [3.05, 3.63) is 33.1 Å². The summed E-state index contributed by atoms with van der Waals surface area (Å²) in [7, 11) is 1.21. The number of carbonyl (C=O) groups is 3. The van der Waals surface area contributed by atoms with Gasteiger partial charge in [-0.2, -0.15) is 0 Å². The molecule has 2 amide bonds. The zero-order valence-electron chi connectivity index (χ0n) is 13.4. The van der Waals surface area contributed by atoms with Crippen LogP contribution in [-0.2, 0) is 14.3 Å². The fourth-order valence-corrected chi connectivity index (χ4v) is 3.43. The Labute approximate surface area is 152 Å². The van der Waals surface area contributed by atoms with Crippen molar-refractivity contribution in [3.63, 3.8) is 0 Å². The van der Waals surface area contributed by atoms with E-state index < -0.39 is 23.2 Å². The van der Waals surface area contributed by atoms with Crippen LogP contribution >= 0.6 is 27.7 Å². The first-order valence-electron chi connectivity index (χ1n) is 7.16. The van der Waals surface area contributed by atoms with E-state index in [0.717, 1.165) is 21.1 Å².